The first kappa shape index (κ1) is 19.4. The maximum absolute atomic E-state index is 12.3. The standard InChI is InChI=1S/C16H22N2O6S/c1-11-3-5-12(6-4-11)25(21,22)24-14-10-18(9-13(14)17)15(19)7-8-16(20)23-2/h3-6,13-14H,7-10,17H2,1-2H3/t13-,14-/m0/s1. The first-order valence-electron chi connectivity index (χ1n) is 7.83. The summed E-state index contributed by atoms with van der Waals surface area (Å²) in [6, 6.07) is 5.65. The van der Waals surface area contributed by atoms with Gasteiger partial charge in [-0.3, -0.25) is 13.8 Å². The van der Waals surface area contributed by atoms with Gasteiger partial charge in [-0.1, -0.05) is 17.7 Å². The number of rotatable bonds is 6. The van der Waals surface area contributed by atoms with E-state index in [0.29, 0.717) is 0 Å². The van der Waals surface area contributed by atoms with E-state index in [0.717, 1.165) is 5.56 Å². The van der Waals surface area contributed by atoms with Crippen molar-refractivity contribution in [1.29, 1.82) is 0 Å². The van der Waals surface area contributed by atoms with Crippen LogP contribution in [0.25, 0.3) is 0 Å². The summed E-state index contributed by atoms with van der Waals surface area (Å²) in [5, 5.41) is 0. The molecule has 1 aromatic rings. The molecular weight excluding hydrogens is 348 g/mol. The molecule has 1 aliphatic rings. The van der Waals surface area contributed by atoms with Crippen molar-refractivity contribution in [2.75, 3.05) is 20.2 Å². The molecule has 1 fully saturated rings. The van der Waals surface area contributed by atoms with Gasteiger partial charge in [0, 0.05) is 19.5 Å². The first-order chi connectivity index (χ1) is 11.7. The van der Waals surface area contributed by atoms with Crippen LogP contribution >= 0.6 is 0 Å². The summed E-state index contributed by atoms with van der Waals surface area (Å²) in [6.45, 7) is 2.09. The number of carbonyl (C=O) groups excluding carboxylic acids is 2. The van der Waals surface area contributed by atoms with E-state index >= 15 is 0 Å². The summed E-state index contributed by atoms with van der Waals surface area (Å²) < 4.78 is 34.4. The third-order valence-electron chi connectivity index (χ3n) is 3.99. The fraction of sp³-hybridized carbons (Fsp3) is 0.500. The van der Waals surface area contributed by atoms with E-state index in [1.54, 1.807) is 12.1 Å². The lowest BCUT2D eigenvalue weighted by Gasteiger charge is -2.16. The van der Waals surface area contributed by atoms with E-state index in [4.69, 9.17) is 9.92 Å². The van der Waals surface area contributed by atoms with Crippen LogP contribution in [0.4, 0.5) is 0 Å². The number of amides is 1. The molecule has 1 aromatic carbocycles. The van der Waals surface area contributed by atoms with Crippen LogP contribution in [0.5, 0.6) is 0 Å². The minimum Gasteiger partial charge on any atom is -0.469 e. The average molecular weight is 370 g/mol. The number of benzene rings is 1. The Labute approximate surface area is 147 Å². The Kier molecular flexibility index (Phi) is 6.15. The molecule has 1 heterocycles. The molecule has 25 heavy (non-hydrogen) atoms. The third kappa shape index (κ3) is 5.00. The molecule has 2 N–H and O–H groups in total. The zero-order valence-corrected chi connectivity index (χ0v) is 15.0. The molecule has 0 spiro atoms. The van der Waals surface area contributed by atoms with Gasteiger partial charge in [-0.15, -0.1) is 0 Å². The van der Waals surface area contributed by atoms with E-state index in [9.17, 15) is 18.0 Å². The Morgan fingerprint density at radius 1 is 1.20 bits per heavy atom. The number of hydrogen-bond acceptors (Lipinski definition) is 7. The van der Waals surface area contributed by atoms with Crippen molar-refractivity contribution >= 4 is 22.0 Å². The molecule has 0 aromatic heterocycles. The van der Waals surface area contributed by atoms with Crippen LogP contribution in [0.3, 0.4) is 0 Å². The SMILES string of the molecule is COC(=O)CCC(=O)N1C[C@H](OS(=O)(=O)c2ccc(C)cc2)[C@@H](N)C1. The number of esters is 1. The van der Waals surface area contributed by atoms with Crippen LogP contribution in [0.15, 0.2) is 29.2 Å². The van der Waals surface area contributed by atoms with Gasteiger partial charge in [0.2, 0.25) is 5.91 Å². The fourth-order valence-corrected chi connectivity index (χ4v) is 3.61. The highest BCUT2D eigenvalue weighted by Crippen LogP contribution is 2.20. The van der Waals surface area contributed by atoms with Crippen LogP contribution in [0.2, 0.25) is 0 Å². The number of nitrogens with zero attached hydrogens (tertiary/aromatic N) is 1. The van der Waals surface area contributed by atoms with Gasteiger partial charge >= 0.3 is 5.97 Å². The van der Waals surface area contributed by atoms with Crippen LogP contribution in [0, 0.1) is 6.92 Å². The van der Waals surface area contributed by atoms with Gasteiger partial charge < -0.3 is 15.4 Å². The Balaban J connectivity index is 1.98. The summed E-state index contributed by atoms with van der Waals surface area (Å²) in [6.07, 6.45) is -0.876. The fourth-order valence-electron chi connectivity index (χ4n) is 2.50. The predicted octanol–water partition coefficient (Wildman–Crippen LogP) is 0.192. The molecule has 0 bridgehead atoms. The molecule has 8 nitrogen and oxygen atoms in total. The quantitative estimate of drug-likeness (QED) is 0.561. The van der Waals surface area contributed by atoms with E-state index in [1.165, 1.54) is 24.1 Å². The van der Waals surface area contributed by atoms with Gasteiger partial charge in [0.1, 0.15) is 6.10 Å². The van der Waals surface area contributed by atoms with Crippen molar-refractivity contribution < 1.29 is 26.9 Å². The molecule has 9 heteroatoms. The highest BCUT2D eigenvalue weighted by molar-refractivity contribution is 7.86. The van der Waals surface area contributed by atoms with Gasteiger partial charge in [-0.2, -0.15) is 8.42 Å². The number of likely N-dealkylation sites (tertiary alicyclic amines) is 1. The van der Waals surface area contributed by atoms with Crippen molar-refractivity contribution in [3.8, 4) is 0 Å². The van der Waals surface area contributed by atoms with Gasteiger partial charge in [0.05, 0.1) is 24.5 Å². The maximum atomic E-state index is 12.3. The lowest BCUT2D eigenvalue weighted by atomic mass is 10.2. The average Bonchev–Trinajstić information content (AvgIpc) is 2.93. The minimum atomic E-state index is -3.96. The summed E-state index contributed by atoms with van der Waals surface area (Å²) in [4.78, 5) is 24.6. The lowest BCUT2D eigenvalue weighted by molar-refractivity contribution is -0.143. The molecule has 1 saturated heterocycles. The van der Waals surface area contributed by atoms with Gasteiger partial charge in [-0.05, 0) is 19.1 Å². The number of aryl methyl sites for hydroxylation is 1. The van der Waals surface area contributed by atoms with E-state index in [2.05, 4.69) is 4.74 Å². The Morgan fingerprint density at radius 2 is 1.84 bits per heavy atom. The maximum Gasteiger partial charge on any atom is 0.306 e. The zero-order valence-electron chi connectivity index (χ0n) is 14.2. The van der Waals surface area contributed by atoms with E-state index < -0.39 is 28.2 Å². The second-order valence-electron chi connectivity index (χ2n) is 5.94. The summed E-state index contributed by atoms with van der Waals surface area (Å²) >= 11 is 0. The van der Waals surface area contributed by atoms with Crippen LogP contribution < -0.4 is 5.73 Å². The van der Waals surface area contributed by atoms with Crippen LogP contribution in [-0.2, 0) is 28.6 Å². The van der Waals surface area contributed by atoms with Crippen LogP contribution in [0.1, 0.15) is 18.4 Å². The largest absolute Gasteiger partial charge is 0.469 e. The van der Waals surface area contributed by atoms with Crippen molar-refractivity contribution in [2.24, 2.45) is 5.73 Å². The van der Waals surface area contributed by atoms with Crippen molar-refractivity contribution in [3.05, 3.63) is 29.8 Å². The second-order valence-corrected chi connectivity index (χ2v) is 7.51. The summed E-state index contributed by atoms with van der Waals surface area (Å²) in [5.74, 6) is -0.772. The van der Waals surface area contributed by atoms with E-state index in [-0.39, 0.29) is 36.7 Å². The van der Waals surface area contributed by atoms with Crippen molar-refractivity contribution in [2.45, 2.75) is 36.8 Å². The molecule has 0 radical (unpaired) electrons. The zero-order chi connectivity index (χ0) is 18.6. The Hall–Kier alpha value is -1.97. The Morgan fingerprint density at radius 3 is 2.44 bits per heavy atom. The topological polar surface area (TPSA) is 116 Å². The van der Waals surface area contributed by atoms with Gasteiger partial charge in [0.15, 0.2) is 0 Å². The van der Waals surface area contributed by atoms with Gasteiger partial charge in [0.25, 0.3) is 10.1 Å². The monoisotopic (exact) mass is 370 g/mol. The minimum absolute atomic E-state index is 0.0170. The lowest BCUT2D eigenvalue weighted by Crippen LogP contribution is -2.36. The highest BCUT2D eigenvalue weighted by atomic mass is 32.2. The number of hydrogen-bond donors (Lipinski definition) is 1. The predicted molar refractivity (Wildman–Crippen MR) is 89.0 cm³/mol. The number of nitrogens with two attached hydrogens (primary N) is 1. The summed E-state index contributed by atoms with van der Waals surface area (Å²) in [7, 11) is -2.72. The molecule has 138 valence electrons. The van der Waals surface area contributed by atoms with Crippen molar-refractivity contribution in [3.63, 3.8) is 0 Å². The molecular formula is C16H22N2O6S. The third-order valence-corrected chi connectivity index (χ3v) is 5.34. The number of ether oxygens (including phenoxy) is 1. The smallest absolute Gasteiger partial charge is 0.306 e. The van der Waals surface area contributed by atoms with Gasteiger partial charge in [-0.25, -0.2) is 0 Å². The van der Waals surface area contributed by atoms with E-state index in [1.807, 2.05) is 6.92 Å². The second kappa shape index (κ2) is 7.94. The summed E-state index contributed by atoms with van der Waals surface area (Å²) in [5.41, 5.74) is 6.85. The molecule has 2 rings (SSSR count). The molecule has 1 aliphatic heterocycles. The molecule has 0 aliphatic carbocycles. The van der Waals surface area contributed by atoms with Crippen LogP contribution in [-0.4, -0.2) is 57.5 Å². The molecule has 2 atom stereocenters. The number of carbonyl (C=O) groups is 2. The Bertz CT molecular complexity index is 731. The molecule has 0 saturated carbocycles. The van der Waals surface area contributed by atoms with Crippen molar-refractivity contribution in [1.82, 2.24) is 4.90 Å². The molecule has 1 amide bonds. The number of methoxy groups -OCH3 is 1. The molecule has 0 unspecified atom stereocenters. The first-order valence-corrected chi connectivity index (χ1v) is 9.24. The normalized spacial score (nSPS) is 20.5. The highest BCUT2D eigenvalue weighted by Gasteiger charge is 2.37.